The second-order valence-electron chi connectivity index (χ2n) is 11.2. The van der Waals surface area contributed by atoms with Crippen LogP contribution in [-0.2, 0) is 23.9 Å². The Hall–Kier alpha value is -3.87. The van der Waals surface area contributed by atoms with Gasteiger partial charge in [0.05, 0.1) is 5.57 Å². The summed E-state index contributed by atoms with van der Waals surface area (Å²) in [7, 11) is 0. The van der Waals surface area contributed by atoms with E-state index < -0.39 is 23.7 Å². The highest BCUT2D eigenvalue weighted by Gasteiger charge is 2.39. The van der Waals surface area contributed by atoms with Gasteiger partial charge in [-0.2, -0.15) is 0 Å². The molecule has 1 aliphatic heterocycles. The average Bonchev–Trinajstić information content (AvgIpc) is 2.92. The first kappa shape index (κ1) is 29.1. The minimum absolute atomic E-state index is 0.173. The number of hydrogen-bond acceptors (Lipinski definition) is 6. The molecule has 2 N–H and O–H groups in total. The lowest BCUT2D eigenvalue weighted by molar-refractivity contribution is -0.222. The maximum Gasteiger partial charge on any atom is 0.350 e. The molecule has 2 aromatic rings. The summed E-state index contributed by atoms with van der Waals surface area (Å²) in [6.07, 6.45) is 13.3. The zero-order valence-electron chi connectivity index (χ0n) is 23.6. The van der Waals surface area contributed by atoms with Gasteiger partial charge in [-0.1, -0.05) is 69.0 Å². The van der Waals surface area contributed by atoms with Gasteiger partial charge in [0.15, 0.2) is 5.57 Å². The van der Waals surface area contributed by atoms with E-state index in [2.05, 4.69) is 24.4 Å². The molecule has 2 aliphatic rings. The number of unbranched alkanes of at least 4 members (excludes halogenated alkanes) is 2. The molecule has 212 valence electrons. The van der Waals surface area contributed by atoms with E-state index in [1.807, 2.05) is 12.1 Å². The molecule has 0 amide bonds. The van der Waals surface area contributed by atoms with Crippen molar-refractivity contribution in [3.63, 3.8) is 0 Å². The first-order valence-electron chi connectivity index (χ1n) is 14.2. The molecule has 40 heavy (non-hydrogen) atoms. The van der Waals surface area contributed by atoms with Crippen LogP contribution in [0.3, 0.4) is 0 Å². The second-order valence-corrected chi connectivity index (χ2v) is 11.2. The van der Waals surface area contributed by atoms with E-state index >= 15 is 0 Å². The first-order chi connectivity index (χ1) is 19.1. The fraction of sp³-hybridized carbons (Fsp3) is 0.424. The third-order valence-electron chi connectivity index (χ3n) is 7.71. The normalized spacial score (nSPS) is 20.9. The summed E-state index contributed by atoms with van der Waals surface area (Å²) in [5.74, 6) is -2.43. The van der Waals surface area contributed by atoms with Crippen LogP contribution in [0.1, 0.15) is 94.7 Å². The number of aliphatic carboxylic acids is 1. The minimum Gasteiger partial charge on any atom is -0.478 e. The van der Waals surface area contributed by atoms with Crippen molar-refractivity contribution < 1.29 is 29.0 Å². The molecule has 0 radical (unpaired) electrons. The van der Waals surface area contributed by atoms with Crippen molar-refractivity contribution in [1.29, 1.82) is 0 Å². The van der Waals surface area contributed by atoms with Crippen molar-refractivity contribution in [3.05, 3.63) is 77.0 Å². The number of carbonyl (C=O) groups is 3. The predicted octanol–water partition coefficient (Wildman–Crippen LogP) is 7.30. The topological polar surface area (TPSA) is 102 Å². The molecule has 0 spiro atoms. The molecule has 0 bridgehead atoms. The molecule has 1 saturated heterocycles. The average molecular weight is 546 g/mol. The lowest BCUT2D eigenvalue weighted by Gasteiger charge is -2.29. The first-order valence-corrected chi connectivity index (χ1v) is 14.2. The number of carboxylic acids is 1. The van der Waals surface area contributed by atoms with Crippen LogP contribution in [0.4, 0.5) is 5.69 Å². The van der Waals surface area contributed by atoms with Gasteiger partial charge >= 0.3 is 17.9 Å². The van der Waals surface area contributed by atoms with E-state index in [0.29, 0.717) is 17.2 Å². The zero-order chi connectivity index (χ0) is 28.7. The summed E-state index contributed by atoms with van der Waals surface area (Å²) in [6.45, 7) is 5.21. The summed E-state index contributed by atoms with van der Waals surface area (Å²) in [5.41, 5.74) is 3.19. The quantitative estimate of drug-likeness (QED) is 0.106. The molecular weight excluding hydrogens is 506 g/mol. The Morgan fingerprint density at radius 1 is 0.950 bits per heavy atom. The van der Waals surface area contributed by atoms with Crippen LogP contribution >= 0.6 is 0 Å². The van der Waals surface area contributed by atoms with Gasteiger partial charge < -0.3 is 19.9 Å². The van der Waals surface area contributed by atoms with E-state index in [1.54, 1.807) is 30.3 Å². The Kier molecular flexibility index (Phi) is 9.46. The fourth-order valence-electron chi connectivity index (χ4n) is 5.45. The number of benzene rings is 2. The summed E-state index contributed by atoms with van der Waals surface area (Å²) in [5, 5.41) is 12.8. The largest absolute Gasteiger partial charge is 0.478 e. The molecule has 1 aliphatic carbocycles. The molecule has 1 heterocycles. The van der Waals surface area contributed by atoms with E-state index in [-0.39, 0.29) is 11.1 Å². The molecule has 2 aromatic carbocycles. The SMILES string of the molecule is CCCCC[C@H]1CC[C@H](c2ccc(/C=C(/C(=O)O)c3ccc(NC=C4C(=O)OC(C)(C)OC4=O)cc3)cc2)CC1. The van der Waals surface area contributed by atoms with Crippen molar-refractivity contribution in [2.75, 3.05) is 5.32 Å². The number of anilines is 1. The summed E-state index contributed by atoms with van der Waals surface area (Å²) >= 11 is 0. The third-order valence-corrected chi connectivity index (χ3v) is 7.71. The van der Waals surface area contributed by atoms with Crippen molar-refractivity contribution in [2.45, 2.75) is 83.8 Å². The number of carbonyl (C=O) groups excluding carboxylic acids is 2. The van der Waals surface area contributed by atoms with Gasteiger partial charge in [0, 0.05) is 25.7 Å². The van der Waals surface area contributed by atoms with Crippen LogP contribution < -0.4 is 5.32 Å². The van der Waals surface area contributed by atoms with Gasteiger partial charge in [-0.15, -0.1) is 0 Å². The second kappa shape index (κ2) is 13.0. The molecule has 1 saturated carbocycles. The fourth-order valence-corrected chi connectivity index (χ4v) is 5.45. The smallest absolute Gasteiger partial charge is 0.350 e. The monoisotopic (exact) mass is 545 g/mol. The number of nitrogens with one attached hydrogen (secondary N) is 1. The Labute approximate surface area is 236 Å². The highest BCUT2D eigenvalue weighted by Crippen LogP contribution is 2.38. The van der Waals surface area contributed by atoms with Crippen LogP contribution in [0.25, 0.3) is 11.6 Å². The summed E-state index contributed by atoms with van der Waals surface area (Å²) < 4.78 is 10.2. The summed E-state index contributed by atoms with van der Waals surface area (Å²) in [6, 6.07) is 15.0. The van der Waals surface area contributed by atoms with Crippen LogP contribution in [-0.4, -0.2) is 28.8 Å². The van der Waals surface area contributed by atoms with Gasteiger partial charge in [-0.05, 0) is 72.4 Å². The molecule has 0 aromatic heterocycles. The lowest BCUT2D eigenvalue weighted by atomic mass is 9.77. The third kappa shape index (κ3) is 7.62. The van der Waals surface area contributed by atoms with Crippen LogP contribution in [0, 0.1) is 5.92 Å². The Bertz CT molecular complexity index is 1240. The van der Waals surface area contributed by atoms with E-state index in [0.717, 1.165) is 11.5 Å². The van der Waals surface area contributed by atoms with Crippen LogP contribution in [0.15, 0.2) is 60.3 Å². The highest BCUT2D eigenvalue weighted by atomic mass is 16.7. The molecular formula is C33H39NO6. The number of ether oxygens (including phenoxy) is 2. The molecule has 0 atom stereocenters. The van der Waals surface area contributed by atoms with Crippen molar-refractivity contribution in [1.82, 2.24) is 0 Å². The van der Waals surface area contributed by atoms with E-state index in [9.17, 15) is 19.5 Å². The Morgan fingerprint density at radius 3 is 2.15 bits per heavy atom. The van der Waals surface area contributed by atoms with E-state index in [1.165, 1.54) is 77.0 Å². The van der Waals surface area contributed by atoms with Crippen LogP contribution in [0.2, 0.25) is 0 Å². The molecule has 7 heteroatoms. The van der Waals surface area contributed by atoms with Gasteiger partial charge in [0.25, 0.3) is 5.79 Å². The predicted molar refractivity (Wildman–Crippen MR) is 155 cm³/mol. The molecule has 0 unspecified atom stereocenters. The van der Waals surface area contributed by atoms with E-state index in [4.69, 9.17) is 9.47 Å². The number of rotatable bonds is 10. The highest BCUT2D eigenvalue weighted by molar-refractivity contribution is 6.20. The molecule has 4 rings (SSSR count). The van der Waals surface area contributed by atoms with Gasteiger partial charge in [-0.25, -0.2) is 14.4 Å². The van der Waals surface area contributed by atoms with Gasteiger partial charge in [0.2, 0.25) is 0 Å². The number of hydrogen-bond donors (Lipinski definition) is 2. The zero-order valence-corrected chi connectivity index (χ0v) is 23.6. The Balaban J connectivity index is 1.39. The van der Waals surface area contributed by atoms with Crippen molar-refractivity contribution in [3.8, 4) is 0 Å². The minimum atomic E-state index is -1.31. The number of carboxylic acid groups (broad SMARTS) is 1. The molecule has 7 nitrogen and oxygen atoms in total. The lowest BCUT2D eigenvalue weighted by Crippen LogP contribution is -2.42. The van der Waals surface area contributed by atoms with Crippen LogP contribution in [0.5, 0.6) is 0 Å². The van der Waals surface area contributed by atoms with Gasteiger partial charge in [0.1, 0.15) is 0 Å². The Morgan fingerprint density at radius 2 is 1.57 bits per heavy atom. The molecule has 2 fully saturated rings. The van der Waals surface area contributed by atoms with Crippen molar-refractivity contribution >= 4 is 35.2 Å². The standard InChI is InChI=1S/C33H39NO6/c1-4-5-6-7-22-8-12-24(13-9-22)25-14-10-23(11-15-25)20-28(30(35)36)26-16-18-27(19-17-26)34-21-29-31(37)39-33(2,3)40-32(29)38/h10-11,14-22,24,34H,4-9,12-13H2,1-3H3,(H,35,36)/b28-20+/t22-,24-. The number of esters is 2. The number of cyclic esters (lactones) is 2. The summed E-state index contributed by atoms with van der Waals surface area (Å²) in [4.78, 5) is 36.3. The maximum absolute atomic E-state index is 12.1. The maximum atomic E-state index is 12.1. The van der Waals surface area contributed by atoms with Crippen molar-refractivity contribution in [2.24, 2.45) is 5.92 Å². The van der Waals surface area contributed by atoms with Gasteiger partial charge in [-0.3, -0.25) is 0 Å².